The monoisotopic (exact) mass is 272 g/mol. The predicted molar refractivity (Wildman–Crippen MR) is 81.5 cm³/mol. The Labute approximate surface area is 117 Å². The largest absolute Gasteiger partial charge is 0.392 e. The van der Waals surface area contributed by atoms with Crippen molar-refractivity contribution in [3.05, 3.63) is 0 Å². The highest BCUT2D eigenvalue weighted by Crippen LogP contribution is 2.31. The standard InChI is InChI=1S/C14H28N2OS/c1-5-9-14(10-6-2,12(15)18)13(17)16-11(7-3)8-4/h11H,5-10H2,1-4H3,(H2,15,18)(H,16,17). The summed E-state index contributed by atoms with van der Waals surface area (Å²) < 4.78 is 0. The number of thiocarbonyl (C=S) groups is 1. The van der Waals surface area contributed by atoms with Crippen LogP contribution >= 0.6 is 12.2 Å². The van der Waals surface area contributed by atoms with Gasteiger partial charge >= 0.3 is 0 Å². The van der Waals surface area contributed by atoms with Crippen molar-refractivity contribution in [3.63, 3.8) is 0 Å². The molecular formula is C14H28N2OS. The van der Waals surface area contributed by atoms with Crippen LogP contribution in [-0.4, -0.2) is 16.9 Å². The van der Waals surface area contributed by atoms with E-state index in [-0.39, 0.29) is 11.9 Å². The Kier molecular flexibility index (Phi) is 8.16. The molecule has 0 heterocycles. The van der Waals surface area contributed by atoms with Gasteiger partial charge in [0.15, 0.2) is 0 Å². The number of nitrogens with two attached hydrogens (primary N) is 1. The molecule has 0 aromatic rings. The van der Waals surface area contributed by atoms with Gasteiger partial charge in [0.05, 0.1) is 10.4 Å². The molecule has 0 bridgehead atoms. The number of carbonyl (C=O) groups excluding carboxylic acids is 1. The maximum Gasteiger partial charge on any atom is 0.233 e. The summed E-state index contributed by atoms with van der Waals surface area (Å²) in [6.45, 7) is 8.28. The molecular weight excluding hydrogens is 244 g/mol. The molecule has 0 aliphatic rings. The Morgan fingerprint density at radius 2 is 1.61 bits per heavy atom. The van der Waals surface area contributed by atoms with Crippen LogP contribution < -0.4 is 11.1 Å². The molecule has 0 rings (SSSR count). The zero-order valence-electron chi connectivity index (χ0n) is 12.2. The summed E-state index contributed by atoms with van der Waals surface area (Å²) in [5.74, 6) is 0.0207. The number of amides is 1. The van der Waals surface area contributed by atoms with Gasteiger partial charge in [-0.25, -0.2) is 0 Å². The summed E-state index contributed by atoms with van der Waals surface area (Å²) in [4.78, 5) is 12.9. The van der Waals surface area contributed by atoms with E-state index >= 15 is 0 Å². The maximum atomic E-state index is 12.5. The third-order valence-corrected chi connectivity index (χ3v) is 3.97. The zero-order chi connectivity index (χ0) is 14.2. The molecule has 0 saturated carbocycles. The fourth-order valence-electron chi connectivity index (χ4n) is 2.38. The van der Waals surface area contributed by atoms with Gasteiger partial charge in [-0.05, 0) is 25.7 Å². The van der Waals surface area contributed by atoms with Crippen molar-refractivity contribution in [2.45, 2.75) is 72.3 Å². The Morgan fingerprint density at radius 1 is 1.17 bits per heavy atom. The fraction of sp³-hybridized carbons (Fsp3) is 0.857. The molecule has 0 atom stereocenters. The normalized spacial score (nSPS) is 11.6. The van der Waals surface area contributed by atoms with Crippen LogP contribution in [0, 0.1) is 5.41 Å². The third kappa shape index (κ3) is 4.23. The minimum atomic E-state index is -0.651. The van der Waals surface area contributed by atoms with Gasteiger partial charge in [-0.15, -0.1) is 0 Å². The lowest BCUT2D eigenvalue weighted by atomic mass is 9.78. The quantitative estimate of drug-likeness (QED) is 0.634. The molecule has 0 radical (unpaired) electrons. The average molecular weight is 272 g/mol. The Bertz CT molecular complexity index is 269. The first-order chi connectivity index (χ1) is 8.48. The lowest BCUT2D eigenvalue weighted by molar-refractivity contribution is -0.129. The highest BCUT2D eigenvalue weighted by Gasteiger charge is 2.40. The van der Waals surface area contributed by atoms with Crippen molar-refractivity contribution < 1.29 is 4.79 Å². The van der Waals surface area contributed by atoms with Crippen molar-refractivity contribution in [3.8, 4) is 0 Å². The van der Waals surface area contributed by atoms with Crippen LogP contribution in [0.3, 0.4) is 0 Å². The van der Waals surface area contributed by atoms with Gasteiger partial charge in [0.25, 0.3) is 0 Å². The summed E-state index contributed by atoms with van der Waals surface area (Å²) in [5, 5.41) is 3.10. The highest BCUT2D eigenvalue weighted by atomic mass is 32.1. The molecule has 0 aliphatic heterocycles. The van der Waals surface area contributed by atoms with E-state index in [1.807, 2.05) is 0 Å². The van der Waals surface area contributed by atoms with Crippen molar-refractivity contribution in [1.82, 2.24) is 5.32 Å². The summed E-state index contributed by atoms with van der Waals surface area (Å²) in [7, 11) is 0. The topological polar surface area (TPSA) is 55.1 Å². The lowest BCUT2D eigenvalue weighted by Crippen LogP contribution is -2.51. The van der Waals surface area contributed by atoms with Crippen LogP contribution in [0.2, 0.25) is 0 Å². The van der Waals surface area contributed by atoms with E-state index in [4.69, 9.17) is 18.0 Å². The van der Waals surface area contributed by atoms with Crippen LogP contribution in [0.25, 0.3) is 0 Å². The van der Waals surface area contributed by atoms with Gasteiger partial charge in [0.1, 0.15) is 0 Å². The Balaban J connectivity index is 5.03. The predicted octanol–water partition coefficient (Wildman–Crippen LogP) is 3.16. The van der Waals surface area contributed by atoms with E-state index in [0.717, 1.165) is 38.5 Å². The summed E-state index contributed by atoms with van der Waals surface area (Å²) in [6.07, 6.45) is 5.17. The maximum absolute atomic E-state index is 12.5. The van der Waals surface area contributed by atoms with Gasteiger partial charge in [-0.3, -0.25) is 4.79 Å². The minimum absolute atomic E-state index is 0.0207. The second-order valence-electron chi connectivity index (χ2n) is 4.93. The van der Waals surface area contributed by atoms with Crippen LogP contribution in [0.15, 0.2) is 0 Å². The molecule has 0 saturated heterocycles. The van der Waals surface area contributed by atoms with Gasteiger partial charge in [0.2, 0.25) is 5.91 Å². The van der Waals surface area contributed by atoms with E-state index in [9.17, 15) is 4.79 Å². The van der Waals surface area contributed by atoms with Crippen molar-refractivity contribution in [1.29, 1.82) is 0 Å². The number of nitrogens with one attached hydrogen (secondary N) is 1. The molecule has 0 spiro atoms. The van der Waals surface area contributed by atoms with Gasteiger partial charge < -0.3 is 11.1 Å². The zero-order valence-corrected chi connectivity index (χ0v) is 13.0. The first-order valence-electron chi connectivity index (χ1n) is 7.09. The van der Waals surface area contributed by atoms with Crippen LogP contribution in [0.5, 0.6) is 0 Å². The molecule has 106 valence electrons. The second-order valence-corrected chi connectivity index (χ2v) is 5.37. The number of rotatable bonds is 9. The summed E-state index contributed by atoms with van der Waals surface area (Å²) in [6, 6.07) is 0.222. The average Bonchev–Trinajstić information content (AvgIpc) is 2.34. The first-order valence-corrected chi connectivity index (χ1v) is 7.50. The molecule has 3 N–H and O–H groups in total. The molecule has 0 aromatic carbocycles. The highest BCUT2D eigenvalue weighted by molar-refractivity contribution is 7.80. The second kappa shape index (κ2) is 8.46. The van der Waals surface area contributed by atoms with E-state index in [2.05, 4.69) is 33.0 Å². The molecule has 18 heavy (non-hydrogen) atoms. The molecule has 4 heteroatoms. The van der Waals surface area contributed by atoms with E-state index in [1.54, 1.807) is 0 Å². The van der Waals surface area contributed by atoms with Gasteiger partial charge in [0, 0.05) is 6.04 Å². The van der Waals surface area contributed by atoms with Crippen molar-refractivity contribution in [2.24, 2.45) is 11.1 Å². The summed E-state index contributed by atoms with van der Waals surface area (Å²) >= 11 is 5.18. The number of carbonyl (C=O) groups is 1. The first kappa shape index (κ1) is 17.4. The summed E-state index contributed by atoms with van der Waals surface area (Å²) in [5.41, 5.74) is 5.22. The van der Waals surface area contributed by atoms with Gasteiger partial charge in [-0.1, -0.05) is 52.8 Å². The third-order valence-electron chi connectivity index (χ3n) is 3.58. The van der Waals surface area contributed by atoms with E-state index < -0.39 is 5.41 Å². The minimum Gasteiger partial charge on any atom is -0.392 e. The van der Waals surface area contributed by atoms with Crippen molar-refractivity contribution >= 4 is 23.1 Å². The fourth-order valence-corrected chi connectivity index (χ4v) is 2.68. The number of hydrogen-bond donors (Lipinski definition) is 2. The molecule has 1 amide bonds. The van der Waals surface area contributed by atoms with E-state index in [0.29, 0.717) is 4.99 Å². The van der Waals surface area contributed by atoms with Crippen LogP contribution in [-0.2, 0) is 4.79 Å². The Morgan fingerprint density at radius 3 is 1.89 bits per heavy atom. The van der Waals surface area contributed by atoms with Crippen LogP contribution in [0.1, 0.15) is 66.2 Å². The SMILES string of the molecule is CCCC(CCC)(C(=O)NC(CC)CC)C(N)=S. The molecule has 0 unspecified atom stereocenters. The smallest absolute Gasteiger partial charge is 0.233 e. The molecule has 0 aliphatic carbocycles. The van der Waals surface area contributed by atoms with Crippen molar-refractivity contribution in [2.75, 3.05) is 0 Å². The van der Waals surface area contributed by atoms with Gasteiger partial charge in [-0.2, -0.15) is 0 Å². The molecule has 3 nitrogen and oxygen atoms in total. The van der Waals surface area contributed by atoms with Crippen LogP contribution in [0.4, 0.5) is 0 Å². The number of hydrogen-bond acceptors (Lipinski definition) is 2. The Hall–Kier alpha value is -0.640. The molecule has 0 aromatic heterocycles. The lowest BCUT2D eigenvalue weighted by Gasteiger charge is -2.32. The van der Waals surface area contributed by atoms with E-state index in [1.165, 1.54) is 0 Å². The molecule has 0 fully saturated rings.